The van der Waals surface area contributed by atoms with Crippen molar-refractivity contribution < 1.29 is 24.4 Å². The van der Waals surface area contributed by atoms with Gasteiger partial charge in [-0.25, -0.2) is 10.3 Å². The van der Waals surface area contributed by atoms with Crippen LogP contribution >= 0.6 is 0 Å². The molecule has 0 radical (unpaired) electrons. The lowest BCUT2D eigenvalue weighted by Gasteiger charge is -2.28. The van der Waals surface area contributed by atoms with Gasteiger partial charge in [0.15, 0.2) is 0 Å². The van der Waals surface area contributed by atoms with E-state index in [0.717, 1.165) is 5.56 Å². The number of aryl methyl sites for hydroxylation is 1. The van der Waals surface area contributed by atoms with Gasteiger partial charge in [-0.2, -0.15) is 5.01 Å². The molecule has 1 heterocycles. The quantitative estimate of drug-likeness (QED) is 0.256. The van der Waals surface area contributed by atoms with E-state index in [1.807, 2.05) is 44.2 Å². The molecule has 9 heteroatoms. The van der Waals surface area contributed by atoms with Gasteiger partial charge in [0, 0.05) is 0 Å². The molecule has 0 spiro atoms. The van der Waals surface area contributed by atoms with E-state index in [-0.39, 0.29) is 5.92 Å². The van der Waals surface area contributed by atoms with E-state index in [4.69, 9.17) is 0 Å². The number of urea groups is 1. The molecule has 0 aliphatic carbocycles. The van der Waals surface area contributed by atoms with Crippen molar-refractivity contribution in [1.82, 2.24) is 21.2 Å². The third-order valence-corrected chi connectivity index (χ3v) is 5.40. The van der Waals surface area contributed by atoms with Gasteiger partial charge in [-0.15, -0.1) is 0 Å². The largest absolute Gasteiger partial charge is 0.344 e. The fraction of sp³-hybridized carbons (Fsp3) is 0.545. The van der Waals surface area contributed by atoms with Crippen molar-refractivity contribution >= 4 is 23.8 Å². The van der Waals surface area contributed by atoms with Gasteiger partial charge in [-0.3, -0.25) is 25.0 Å². The molecule has 0 aromatic heterocycles. The number of carbonyl (C=O) groups is 4. The number of benzene rings is 1. The van der Waals surface area contributed by atoms with E-state index in [1.54, 1.807) is 5.48 Å². The third kappa shape index (κ3) is 6.27. The first-order valence-corrected chi connectivity index (χ1v) is 10.5. The number of imide groups is 1. The molecule has 170 valence electrons. The molecule has 1 aromatic rings. The molecule has 1 saturated heterocycles. The Balaban J connectivity index is 2.16. The summed E-state index contributed by atoms with van der Waals surface area (Å²) >= 11 is 0. The van der Waals surface area contributed by atoms with Crippen molar-refractivity contribution in [2.45, 2.75) is 58.9 Å². The van der Waals surface area contributed by atoms with Gasteiger partial charge in [0.25, 0.3) is 5.91 Å². The Kier molecular flexibility index (Phi) is 8.15. The Morgan fingerprint density at radius 1 is 1.10 bits per heavy atom. The fourth-order valence-electron chi connectivity index (χ4n) is 3.77. The molecule has 0 saturated carbocycles. The maximum absolute atomic E-state index is 13.1. The highest BCUT2D eigenvalue weighted by atomic mass is 16.5. The Morgan fingerprint density at radius 3 is 2.26 bits per heavy atom. The lowest BCUT2D eigenvalue weighted by atomic mass is 9.81. The Morgan fingerprint density at radius 2 is 1.74 bits per heavy atom. The van der Waals surface area contributed by atoms with Crippen LogP contribution in [0.1, 0.15) is 52.5 Å². The van der Waals surface area contributed by atoms with E-state index in [2.05, 4.69) is 10.7 Å². The Bertz CT molecular complexity index is 809. The zero-order valence-electron chi connectivity index (χ0n) is 18.5. The van der Waals surface area contributed by atoms with Crippen LogP contribution in [0.4, 0.5) is 4.79 Å². The molecule has 0 unspecified atom stereocenters. The summed E-state index contributed by atoms with van der Waals surface area (Å²) in [4.78, 5) is 50.1. The van der Waals surface area contributed by atoms with E-state index in [1.165, 1.54) is 13.8 Å². The van der Waals surface area contributed by atoms with Crippen molar-refractivity contribution in [3.63, 3.8) is 0 Å². The predicted octanol–water partition coefficient (Wildman–Crippen LogP) is 2.15. The lowest BCUT2D eigenvalue weighted by Crippen LogP contribution is -2.52. The summed E-state index contributed by atoms with van der Waals surface area (Å²) in [7, 11) is 0. The van der Waals surface area contributed by atoms with Gasteiger partial charge in [0.2, 0.25) is 11.8 Å². The number of hydroxylamine groups is 1. The van der Waals surface area contributed by atoms with Crippen LogP contribution in [0.5, 0.6) is 0 Å². The molecule has 31 heavy (non-hydrogen) atoms. The first-order chi connectivity index (χ1) is 14.6. The van der Waals surface area contributed by atoms with E-state index in [9.17, 15) is 24.4 Å². The third-order valence-electron chi connectivity index (χ3n) is 5.40. The summed E-state index contributed by atoms with van der Waals surface area (Å²) in [6, 6.07) is 9.03. The maximum atomic E-state index is 13.1. The van der Waals surface area contributed by atoms with Crippen LogP contribution < -0.4 is 16.2 Å². The molecule has 4 N–H and O–H groups in total. The normalized spacial score (nSPS) is 17.3. The Labute approximate surface area is 182 Å². The van der Waals surface area contributed by atoms with Crippen LogP contribution in [0.25, 0.3) is 0 Å². The van der Waals surface area contributed by atoms with Gasteiger partial charge in [-0.05, 0) is 51.0 Å². The van der Waals surface area contributed by atoms with Crippen molar-refractivity contribution in [2.24, 2.45) is 17.8 Å². The predicted molar refractivity (Wildman–Crippen MR) is 113 cm³/mol. The summed E-state index contributed by atoms with van der Waals surface area (Å²) in [5, 5.41) is 12.4. The summed E-state index contributed by atoms with van der Waals surface area (Å²) in [6.45, 7) is 6.90. The number of nitrogens with one attached hydrogen (secondary N) is 3. The van der Waals surface area contributed by atoms with Crippen molar-refractivity contribution in [3.05, 3.63) is 35.9 Å². The zero-order valence-corrected chi connectivity index (χ0v) is 18.5. The number of hydrogen-bond acceptors (Lipinski definition) is 5. The first kappa shape index (κ1) is 24.3. The van der Waals surface area contributed by atoms with Gasteiger partial charge >= 0.3 is 6.03 Å². The molecule has 1 aromatic carbocycles. The van der Waals surface area contributed by atoms with Gasteiger partial charge in [0.1, 0.15) is 5.54 Å². The molecule has 1 aliphatic rings. The molecule has 5 amide bonds. The van der Waals surface area contributed by atoms with Gasteiger partial charge in [-0.1, -0.05) is 44.2 Å². The molecule has 1 fully saturated rings. The highest BCUT2D eigenvalue weighted by molar-refractivity contribution is 6.07. The second-order valence-corrected chi connectivity index (χ2v) is 8.87. The highest BCUT2D eigenvalue weighted by Gasteiger charge is 2.46. The number of rotatable bonds is 10. The molecule has 1 aliphatic heterocycles. The molecular weight excluding hydrogens is 400 g/mol. The second-order valence-electron chi connectivity index (χ2n) is 8.87. The standard InChI is InChI=1S/C22H32N4O5/c1-14(2)13-17(18(27)24-26-20(29)22(3,4)23-21(26)30)16(19(28)25-31)12-8-11-15-9-6-5-7-10-15/h5-7,9-10,14,16-17,31H,8,11-13H2,1-4H3,(H,23,30)(H,24,27)(H,25,28)/t16-,17+/m0/s1. The lowest BCUT2D eigenvalue weighted by molar-refractivity contribution is -0.145. The summed E-state index contributed by atoms with van der Waals surface area (Å²) < 4.78 is 0. The summed E-state index contributed by atoms with van der Waals surface area (Å²) in [5.74, 6) is -3.42. The zero-order chi connectivity index (χ0) is 23.2. The average molecular weight is 433 g/mol. The smallest absolute Gasteiger partial charge is 0.322 e. The monoisotopic (exact) mass is 432 g/mol. The Hall–Kier alpha value is -2.94. The minimum Gasteiger partial charge on any atom is -0.322 e. The van der Waals surface area contributed by atoms with Gasteiger partial charge < -0.3 is 5.32 Å². The van der Waals surface area contributed by atoms with Crippen molar-refractivity contribution in [2.75, 3.05) is 0 Å². The summed E-state index contributed by atoms with van der Waals surface area (Å²) in [6.07, 6.45) is 2.05. The van der Waals surface area contributed by atoms with Crippen LogP contribution in [-0.2, 0) is 20.8 Å². The summed E-state index contributed by atoms with van der Waals surface area (Å²) in [5.41, 5.74) is 4.02. The van der Waals surface area contributed by atoms with E-state index >= 15 is 0 Å². The topological polar surface area (TPSA) is 128 Å². The SMILES string of the molecule is CC(C)C[C@@H](C(=O)NN1C(=O)NC(C)(C)C1=O)[C@H](CCCc1ccccc1)C(=O)NO. The van der Waals surface area contributed by atoms with Crippen molar-refractivity contribution in [3.8, 4) is 0 Å². The van der Waals surface area contributed by atoms with Gasteiger partial charge in [0.05, 0.1) is 11.8 Å². The molecule has 0 bridgehead atoms. The minimum atomic E-state index is -1.13. The molecular formula is C22H32N4O5. The maximum Gasteiger partial charge on any atom is 0.344 e. The number of carbonyl (C=O) groups excluding carboxylic acids is 4. The van der Waals surface area contributed by atoms with Crippen LogP contribution in [-0.4, -0.2) is 39.5 Å². The average Bonchev–Trinajstić information content (AvgIpc) is 2.91. The van der Waals surface area contributed by atoms with E-state index in [0.29, 0.717) is 30.7 Å². The van der Waals surface area contributed by atoms with Crippen molar-refractivity contribution in [1.29, 1.82) is 0 Å². The molecule has 2 rings (SSSR count). The van der Waals surface area contributed by atoms with Crippen LogP contribution in [0.15, 0.2) is 30.3 Å². The molecule has 9 nitrogen and oxygen atoms in total. The fourth-order valence-corrected chi connectivity index (χ4v) is 3.77. The second kappa shape index (κ2) is 10.4. The van der Waals surface area contributed by atoms with Crippen LogP contribution in [0, 0.1) is 17.8 Å². The van der Waals surface area contributed by atoms with E-state index < -0.39 is 41.1 Å². The number of amides is 5. The number of hydrogen-bond donors (Lipinski definition) is 4. The number of nitrogens with zero attached hydrogens (tertiary/aromatic N) is 1. The minimum absolute atomic E-state index is 0.0680. The van der Waals surface area contributed by atoms with Crippen LogP contribution in [0.3, 0.4) is 0 Å². The number of hydrazine groups is 1. The molecule has 2 atom stereocenters. The highest BCUT2D eigenvalue weighted by Crippen LogP contribution is 2.27. The van der Waals surface area contributed by atoms with Crippen LogP contribution in [0.2, 0.25) is 0 Å². The first-order valence-electron chi connectivity index (χ1n) is 10.5.